The maximum atomic E-state index is 13.7. The molecule has 0 saturated carbocycles. The molecule has 188 valence electrons. The number of benzene rings is 1. The quantitative estimate of drug-likeness (QED) is 0.353. The molecule has 0 fully saturated rings. The van der Waals surface area contributed by atoms with Crippen LogP contribution in [0.2, 0.25) is 0 Å². The van der Waals surface area contributed by atoms with Gasteiger partial charge < -0.3 is 15.6 Å². The number of pyridine rings is 1. The molecule has 4 heterocycles. The predicted molar refractivity (Wildman–Crippen MR) is 131 cm³/mol. The van der Waals surface area contributed by atoms with Gasteiger partial charge in [-0.1, -0.05) is 30.3 Å². The topological polar surface area (TPSA) is 116 Å². The van der Waals surface area contributed by atoms with Gasteiger partial charge in [0, 0.05) is 24.5 Å². The first-order valence-electron chi connectivity index (χ1n) is 11.2. The number of aryl methyl sites for hydroxylation is 3. The summed E-state index contributed by atoms with van der Waals surface area (Å²) in [5, 5.41) is 6.67. The fourth-order valence-electron chi connectivity index (χ4n) is 4.03. The van der Waals surface area contributed by atoms with Crippen LogP contribution >= 0.6 is 0 Å². The van der Waals surface area contributed by atoms with Crippen molar-refractivity contribution in [1.82, 2.24) is 29.1 Å². The van der Waals surface area contributed by atoms with Crippen molar-refractivity contribution < 1.29 is 18.0 Å². The molecule has 0 spiro atoms. The number of carbonyl (C=O) groups excluding carboxylic acids is 1. The van der Waals surface area contributed by atoms with Gasteiger partial charge in [0.25, 0.3) is 5.91 Å². The molecule has 5 aromatic rings. The van der Waals surface area contributed by atoms with Gasteiger partial charge >= 0.3 is 6.18 Å². The van der Waals surface area contributed by atoms with Crippen molar-refractivity contribution in [3.05, 3.63) is 89.9 Å². The summed E-state index contributed by atoms with van der Waals surface area (Å²) in [4.78, 5) is 25.2. The molecule has 1 aromatic carbocycles. The molecule has 0 atom stereocenters. The van der Waals surface area contributed by atoms with E-state index >= 15 is 0 Å². The maximum Gasteiger partial charge on any atom is 0.418 e. The molecule has 0 aliphatic carbocycles. The molecule has 37 heavy (non-hydrogen) atoms. The number of hydrogen-bond donors (Lipinski definition) is 2. The standard InChI is InChI=1S/C25H21F3N8O/c1-15-18(24(37)34-21-12-35(14-32-21)8-7-16-5-3-2-4-6-16)9-17(11-30-15)20-10-19(25(26,27)28)22-23(29)31-13-33-36(20)22/h2-6,9-14H,7-8H2,1H3,(H,34,37)(H2,29,31,33). The second-order valence-corrected chi connectivity index (χ2v) is 8.39. The number of nitrogen functional groups attached to an aromatic ring is 1. The highest BCUT2D eigenvalue weighted by Crippen LogP contribution is 2.38. The lowest BCUT2D eigenvalue weighted by Crippen LogP contribution is -2.14. The first-order chi connectivity index (χ1) is 17.7. The van der Waals surface area contributed by atoms with E-state index in [1.165, 1.54) is 17.8 Å². The minimum atomic E-state index is -4.68. The van der Waals surface area contributed by atoms with Gasteiger partial charge in [-0.15, -0.1) is 0 Å². The highest BCUT2D eigenvalue weighted by molar-refractivity contribution is 6.05. The van der Waals surface area contributed by atoms with Gasteiger partial charge in [0.15, 0.2) is 11.6 Å². The number of fused-ring (bicyclic) bond motifs is 1. The third-order valence-corrected chi connectivity index (χ3v) is 5.89. The Morgan fingerprint density at radius 1 is 1.11 bits per heavy atom. The molecule has 0 aliphatic heterocycles. The molecular weight excluding hydrogens is 485 g/mol. The lowest BCUT2D eigenvalue weighted by atomic mass is 10.1. The number of nitrogens with zero attached hydrogens (tertiary/aromatic N) is 6. The number of alkyl halides is 3. The van der Waals surface area contributed by atoms with Crippen molar-refractivity contribution >= 4 is 23.1 Å². The van der Waals surface area contributed by atoms with E-state index in [4.69, 9.17) is 5.73 Å². The molecule has 9 nitrogen and oxygen atoms in total. The van der Waals surface area contributed by atoms with Crippen molar-refractivity contribution in [3.63, 3.8) is 0 Å². The van der Waals surface area contributed by atoms with Crippen LogP contribution in [-0.4, -0.2) is 35.0 Å². The van der Waals surface area contributed by atoms with Gasteiger partial charge in [-0.25, -0.2) is 14.5 Å². The first-order valence-corrected chi connectivity index (χ1v) is 11.2. The molecular formula is C25H21F3N8O. The van der Waals surface area contributed by atoms with E-state index in [9.17, 15) is 18.0 Å². The summed E-state index contributed by atoms with van der Waals surface area (Å²) in [5.74, 6) is -0.462. The minimum absolute atomic E-state index is 0.0724. The predicted octanol–water partition coefficient (Wildman–Crippen LogP) is 4.39. The first kappa shape index (κ1) is 24.0. The van der Waals surface area contributed by atoms with Crippen LogP contribution in [0.4, 0.5) is 24.8 Å². The summed E-state index contributed by atoms with van der Waals surface area (Å²) >= 11 is 0. The van der Waals surface area contributed by atoms with Crippen molar-refractivity contribution in [3.8, 4) is 11.3 Å². The van der Waals surface area contributed by atoms with Gasteiger partial charge in [-0.05, 0) is 31.0 Å². The summed E-state index contributed by atoms with van der Waals surface area (Å²) in [7, 11) is 0. The SMILES string of the molecule is Cc1ncc(-c2cc(C(F)(F)F)c3c(N)ncnn23)cc1C(=O)Nc1cn(CCc2ccccc2)cn1. The Kier molecular flexibility index (Phi) is 6.07. The maximum absolute atomic E-state index is 13.7. The Hall–Kier alpha value is -4.74. The minimum Gasteiger partial charge on any atom is -0.382 e. The summed E-state index contributed by atoms with van der Waals surface area (Å²) in [5.41, 5.74) is 6.48. The highest BCUT2D eigenvalue weighted by Gasteiger charge is 2.36. The summed E-state index contributed by atoms with van der Waals surface area (Å²) < 4.78 is 44.0. The molecule has 0 aliphatic rings. The van der Waals surface area contributed by atoms with Crippen LogP contribution in [0, 0.1) is 6.92 Å². The van der Waals surface area contributed by atoms with Crippen LogP contribution in [0.25, 0.3) is 16.8 Å². The fraction of sp³-hybridized carbons (Fsp3) is 0.160. The van der Waals surface area contributed by atoms with Crippen LogP contribution < -0.4 is 11.1 Å². The Labute approximate surface area is 208 Å². The third-order valence-electron chi connectivity index (χ3n) is 5.89. The average molecular weight is 506 g/mol. The lowest BCUT2D eigenvalue weighted by molar-refractivity contribution is -0.136. The molecule has 1 amide bonds. The molecule has 0 unspecified atom stereocenters. The van der Waals surface area contributed by atoms with Crippen LogP contribution in [-0.2, 0) is 19.1 Å². The number of aromatic nitrogens is 6. The molecule has 3 N–H and O–H groups in total. The fourth-order valence-corrected chi connectivity index (χ4v) is 4.03. The van der Waals surface area contributed by atoms with Crippen LogP contribution in [0.5, 0.6) is 0 Å². The van der Waals surface area contributed by atoms with E-state index in [-0.39, 0.29) is 28.2 Å². The second kappa shape index (κ2) is 9.37. The zero-order chi connectivity index (χ0) is 26.2. The number of anilines is 2. The Morgan fingerprint density at radius 3 is 2.65 bits per heavy atom. The van der Waals surface area contributed by atoms with Gasteiger partial charge in [0.2, 0.25) is 0 Å². The van der Waals surface area contributed by atoms with E-state index in [1.807, 2.05) is 34.9 Å². The van der Waals surface area contributed by atoms with Crippen molar-refractivity contribution in [1.29, 1.82) is 0 Å². The number of rotatable bonds is 6. The Balaban J connectivity index is 1.40. The summed E-state index contributed by atoms with van der Waals surface area (Å²) in [6, 6.07) is 12.4. The normalized spacial score (nSPS) is 11.7. The van der Waals surface area contributed by atoms with E-state index in [1.54, 1.807) is 19.4 Å². The van der Waals surface area contributed by atoms with E-state index in [0.29, 0.717) is 18.1 Å². The number of carbonyl (C=O) groups is 1. The number of imidazole rings is 1. The molecule has 0 bridgehead atoms. The number of nitrogens with two attached hydrogens (primary N) is 1. The number of amides is 1. The van der Waals surface area contributed by atoms with Crippen molar-refractivity contribution in [2.24, 2.45) is 0 Å². The highest BCUT2D eigenvalue weighted by atomic mass is 19.4. The third kappa shape index (κ3) is 4.85. The smallest absolute Gasteiger partial charge is 0.382 e. The number of halogens is 3. The number of hydrogen-bond acceptors (Lipinski definition) is 6. The van der Waals surface area contributed by atoms with Crippen molar-refractivity contribution in [2.45, 2.75) is 26.1 Å². The van der Waals surface area contributed by atoms with Gasteiger partial charge in [0.05, 0.1) is 28.8 Å². The van der Waals surface area contributed by atoms with Crippen molar-refractivity contribution in [2.75, 3.05) is 11.1 Å². The van der Waals surface area contributed by atoms with E-state index in [0.717, 1.165) is 23.3 Å². The largest absolute Gasteiger partial charge is 0.418 e. The molecule has 5 rings (SSSR count). The van der Waals surface area contributed by atoms with Gasteiger partial charge in [-0.3, -0.25) is 9.78 Å². The average Bonchev–Trinajstić information content (AvgIpc) is 3.49. The van der Waals surface area contributed by atoms with E-state index in [2.05, 4.69) is 25.4 Å². The van der Waals surface area contributed by atoms with E-state index < -0.39 is 17.6 Å². The zero-order valence-electron chi connectivity index (χ0n) is 19.6. The number of nitrogens with one attached hydrogen (secondary N) is 1. The van der Waals surface area contributed by atoms with Crippen LogP contribution in [0.15, 0.2) is 67.5 Å². The molecule has 0 saturated heterocycles. The molecule has 4 aromatic heterocycles. The Bertz CT molecular complexity index is 1590. The summed E-state index contributed by atoms with van der Waals surface area (Å²) in [6.45, 7) is 2.31. The zero-order valence-corrected chi connectivity index (χ0v) is 19.6. The van der Waals surface area contributed by atoms with Crippen LogP contribution in [0.3, 0.4) is 0 Å². The lowest BCUT2D eigenvalue weighted by Gasteiger charge is -2.08. The summed E-state index contributed by atoms with van der Waals surface area (Å²) in [6.07, 6.45) is 1.90. The Morgan fingerprint density at radius 2 is 1.89 bits per heavy atom. The van der Waals surface area contributed by atoms with Gasteiger partial charge in [-0.2, -0.15) is 18.3 Å². The second-order valence-electron chi connectivity index (χ2n) is 8.39. The monoisotopic (exact) mass is 506 g/mol. The molecule has 0 radical (unpaired) electrons. The molecule has 12 heteroatoms. The van der Waals surface area contributed by atoms with Gasteiger partial charge in [0.1, 0.15) is 11.8 Å². The van der Waals surface area contributed by atoms with Crippen LogP contribution in [0.1, 0.15) is 27.2 Å².